The van der Waals surface area contributed by atoms with Crippen LogP contribution in [0.5, 0.6) is 17.2 Å². The van der Waals surface area contributed by atoms with Gasteiger partial charge in [-0.15, -0.1) is 0 Å². The van der Waals surface area contributed by atoms with Gasteiger partial charge in [-0.1, -0.05) is 50.3 Å². The number of rotatable bonds is 15. The SMILES string of the molecule is CCOC(Cc1ccc(OCCN(CCCC2CCCCC2)C(=O)Oc2cc(C)ccc2OC)cc1)C(=O)O. The van der Waals surface area contributed by atoms with E-state index in [-0.39, 0.29) is 6.42 Å². The Morgan fingerprint density at radius 1 is 1.03 bits per heavy atom. The van der Waals surface area contributed by atoms with Crippen molar-refractivity contribution in [3.05, 3.63) is 53.6 Å². The summed E-state index contributed by atoms with van der Waals surface area (Å²) in [4.78, 5) is 26.3. The number of hydrogen-bond acceptors (Lipinski definition) is 6. The van der Waals surface area contributed by atoms with Crippen LogP contribution in [0.15, 0.2) is 42.5 Å². The first-order valence-electron chi connectivity index (χ1n) is 14.1. The molecule has 1 aliphatic rings. The highest BCUT2D eigenvalue weighted by atomic mass is 16.6. The largest absolute Gasteiger partial charge is 0.493 e. The summed E-state index contributed by atoms with van der Waals surface area (Å²) in [5, 5.41) is 9.31. The van der Waals surface area contributed by atoms with Crippen LogP contribution < -0.4 is 14.2 Å². The van der Waals surface area contributed by atoms with Gasteiger partial charge in [0.15, 0.2) is 17.6 Å². The average molecular weight is 542 g/mol. The number of carboxylic acid groups (broad SMARTS) is 1. The molecule has 0 aliphatic heterocycles. The molecule has 0 spiro atoms. The Morgan fingerprint density at radius 3 is 2.44 bits per heavy atom. The Labute approximate surface area is 232 Å². The van der Waals surface area contributed by atoms with Crippen molar-refractivity contribution in [2.45, 2.75) is 71.3 Å². The van der Waals surface area contributed by atoms with Crippen molar-refractivity contribution < 1.29 is 33.6 Å². The first kappa shape index (κ1) is 30.3. The summed E-state index contributed by atoms with van der Waals surface area (Å²) < 4.78 is 22.4. The van der Waals surface area contributed by atoms with E-state index in [0.29, 0.717) is 43.6 Å². The number of carbonyl (C=O) groups is 2. The Kier molecular flexibility index (Phi) is 12.4. The number of amides is 1. The number of hydrogen-bond donors (Lipinski definition) is 1. The lowest BCUT2D eigenvalue weighted by Gasteiger charge is -2.25. The van der Waals surface area contributed by atoms with Gasteiger partial charge in [-0.05, 0) is 68.0 Å². The quantitative estimate of drug-likeness (QED) is 0.284. The van der Waals surface area contributed by atoms with Crippen LogP contribution in [0.25, 0.3) is 0 Å². The van der Waals surface area contributed by atoms with Crippen LogP contribution in [0.3, 0.4) is 0 Å². The van der Waals surface area contributed by atoms with Gasteiger partial charge in [-0.3, -0.25) is 0 Å². The number of carbonyl (C=O) groups excluding carboxylic acids is 1. The van der Waals surface area contributed by atoms with Crippen LogP contribution in [-0.4, -0.2) is 61.6 Å². The zero-order chi connectivity index (χ0) is 28.0. The van der Waals surface area contributed by atoms with Gasteiger partial charge < -0.3 is 29.0 Å². The Morgan fingerprint density at radius 2 is 1.77 bits per heavy atom. The topological polar surface area (TPSA) is 94.5 Å². The van der Waals surface area contributed by atoms with Gasteiger partial charge in [0, 0.05) is 19.6 Å². The van der Waals surface area contributed by atoms with E-state index in [9.17, 15) is 14.7 Å². The fraction of sp³-hybridized carbons (Fsp3) is 0.548. The molecule has 1 unspecified atom stereocenters. The summed E-state index contributed by atoms with van der Waals surface area (Å²) in [6.45, 7) is 5.34. The third kappa shape index (κ3) is 10.1. The van der Waals surface area contributed by atoms with Crippen LogP contribution in [0.2, 0.25) is 0 Å². The lowest BCUT2D eigenvalue weighted by molar-refractivity contribution is -0.149. The molecular weight excluding hydrogens is 498 g/mol. The van der Waals surface area contributed by atoms with Crippen LogP contribution in [0, 0.1) is 12.8 Å². The van der Waals surface area contributed by atoms with E-state index >= 15 is 0 Å². The van der Waals surface area contributed by atoms with Gasteiger partial charge in [0.25, 0.3) is 0 Å². The summed E-state index contributed by atoms with van der Waals surface area (Å²) in [5.74, 6) is 1.34. The van der Waals surface area contributed by atoms with Gasteiger partial charge in [0.05, 0.1) is 13.7 Å². The number of methoxy groups -OCH3 is 1. The number of benzene rings is 2. The Bertz CT molecular complexity index is 1030. The summed E-state index contributed by atoms with van der Waals surface area (Å²) in [6, 6.07) is 12.8. The normalized spacial score (nSPS) is 14.4. The molecule has 0 radical (unpaired) electrons. The number of aryl methyl sites for hydroxylation is 1. The van der Waals surface area contributed by atoms with E-state index in [0.717, 1.165) is 29.9 Å². The molecule has 214 valence electrons. The Balaban J connectivity index is 1.57. The van der Waals surface area contributed by atoms with E-state index in [1.165, 1.54) is 32.1 Å². The summed E-state index contributed by atoms with van der Waals surface area (Å²) in [7, 11) is 1.56. The maximum Gasteiger partial charge on any atom is 0.415 e. The molecule has 1 fully saturated rings. The predicted octanol–water partition coefficient (Wildman–Crippen LogP) is 6.28. The number of aliphatic carboxylic acids is 1. The van der Waals surface area contributed by atoms with Crippen molar-refractivity contribution in [3.8, 4) is 17.2 Å². The van der Waals surface area contributed by atoms with Crippen LogP contribution in [0.4, 0.5) is 4.79 Å². The van der Waals surface area contributed by atoms with Crippen molar-refractivity contribution in [2.24, 2.45) is 5.92 Å². The molecule has 0 bridgehead atoms. The fourth-order valence-electron chi connectivity index (χ4n) is 4.99. The predicted molar refractivity (Wildman–Crippen MR) is 150 cm³/mol. The van der Waals surface area contributed by atoms with Gasteiger partial charge in [0.2, 0.25) is 0 Å². The molecule has 1 atom stereocenters. The standard InChI is InChI=1S/C31H43NO7/c1-4-37-29(30(33)34)22-25-13-15-26(16-14-25)38-20-19-32(18-8-11-24-9-6-5-7-10-24)31(35)39-28-21-23(2)12-17-27(28)36-3/h12-17,21,24,29H,4-11,18-20,22H2,1-3H3,(H,33,34). The van der Waals surface area contributed by atoms with Gasteiger partial charge in [-0.2, -0.15) is 0 Å². The minimum absolute atomic E-state index is 0.284. The lowest BCUT2D eigenvalue weighted by atomic mass is 9.86. The number of ether oxygens (including phenoxy) is 4. The molecule has 0 heterocycles. The first-order valence-corrected chi connectivity index (χ1v) is 14.1. The molecule has 3 rings (SSSR count). The molecule has 0 saturated heterocycles. The van der Waals surface area contributed by atoms with E-state index in [4.69, 9.17) is 18.9 Å². The van der Waals surface area contributed by atoms with E-state index < -0.39 is 18.2 Å². The molecule has 0 aromatic heterocycles. The second-order valence-corrected chi connectivity index (χ2v) is 10.1. The molecule has 8 heteroatoms. The fourth-order valence-corrected chi connectivity index (χ4v) is 4.99. The smallest absolute Gasteiger partial charge is 0.415 e. The molecule has 1 saturated carbocycles. The Hall–Kier alpha value is -3.26. The van der Waals surface area contributed by atoms with E-state index in [2.05, 4.69) is 0 Å². The van der Waals surface area contributed by atoms with Crippen molar-refractivity contribution in [3.63, 3.8) is 0 Å². The van der Waals surface area contributed by atoms with E-state index in [1.807, 2.05) is 37.3 Å². The van der Waals surface area contributed by atoms with Crippen molar-refractivity contribution >= 4 is 12.1 Å². The summed E-state index contributed by atoms with van der Waals surface area (Å²) in [5.41, 5.74) is 1.83. The minimum atomic E-state index is -0.976. The first-order chi connectivity index (χ1) is 18.9. The van der Waals surface area contributed by atoms with Gasteiger partial charge >= 0.3 is 12.1 Å². The van der Waals surface area contributed by atoms with Gasteiger partial charge in [-0.25, -0.2) is 9.59 Å². The third-order valence-corrected chi connectivity index (χ3v) is 7.16. The van der Waals surface area contributed by atoms with Crippen molar-refractivity contribution in [1.82, 2.24) is 4.90 Å². The third-order valence-electron chi connectivity index (χ3n) is 7.16. The number of nitrogens with zero attached hydrogens (tertiary/aromatic N) is 1. The van der Waals surface area contributed by atoms with E-state index in [1.54, 1.807) is 31.1 Å². The van der Waals surface area contributed by atoms with Crippen molar-refractivity contribution in [1.29, 1.82) is 0 Å². The molecule has 2 aromatic carbocycles. The summed E-state index contributed by atoms with van der Waals surface area (Å²) in [6.07, 6.45) is 7.52. The van der Waals surface area contributed by atoms with Crippen LogP contribution >= 0.6 is 0 Å². The minimum Gasteiger partial charge on any atom is -0.493 e. The monoisotopic (exact) mass is 541 g/mol. The zero-order valence-corrected chi connectivity index (χ0v) is 23.5. The maximum absolute atomic E-state index is 13.2. The molecule has 1 aliphatic carbocycles. The molecule has 39 heavy (non-hydrogen) atoms. The maximum atomic E-state index is 13.2. The highest BCUT2D eigenvalue weighted by Crippen LogP contribution is 2.29. The molecule has 1 amide bonds. The second kappa shape index (κ2) is 16.0. The lowest BCUT2D eigenvalue weighted by Crippen LogP contribution is -2.37. The van der Waals surface area contributed by atoms with Gasteiger partial charge in [0.1, 0.15) is 12.4 Å². The second-order valence-electron chi connectivity index (χ2n) is 10.1. The average Bonchev–Trinajstić information content (AvgIpc) is 2.93. The molecule has 8 nitrogen and oxygen atoms in total. The number of carboxylic acids is 1. The highest BCUT2D eigenvalue weighted by Gasteiger charge is 2.21. The molecule has 1 N–H and O–H groups in total. The van der Waals surface area contributed by atoms with Crippen LogP contribution in [-0.2, 0) is 16.0 Å². The summed E-state index contributed by atoms with van der Waals surface area (Å²) >= 11 is 0. The zero-order valence-electron chi connectivity index (χ0n) is 23.5. The van der Waals surface area contributed by atoms with Crippen LogP contribution in [0.1, 0.15) is 63.0 Å². The molecule has 2 aromatic rings. The molecular formula is C31H43NO7. The highest BCUT2D eigenvalue weighted by molar-refractivity contribution is 5.73. The van der Waals surface area contributed by atoms with Crippen molar-refractivity contribution in [2.75, 3.05) is 33.4 Å².